The molecule has 1 aliphatic heterocycles. The molecule has 0 spiro atoms. The van der Waals surface area contributed by atoms with Crippen molar-refractivity contribution in [3.8, 4) is 0 Å². The highest BCUT2D eigenvalue weighted by atomic mass is 19.1. The maximum absolute atomic E-state index is 13.9. The Kier molecular flexibility index (Phi) is 3.32. The highest BCUT2D eigenvalue weighted by molar-refractivity contribution is 5.98. The first kappa shape index (κ1) is 12.5. The van der Waals surface area contributed by atoms with E-state index in [1.54, 1.807) is 26.0 Å². The molecule has 2 amide bonds. The molecule has 18 heavy (non-hydrogen) atoms. The number of halogens is 1. The number of benzene rings is 1. The van der Waals surface area contributed by atoms with Crippen LogP contribution in [0.25, 0.3) is 0 Å². The fraction of sp³-hybridized carbons (Fsp3) is 0.385. The SMILES string of the molecule is Cc1cccc(C(=O)N2CCNC(=O)C2C)c1F. The standard InChI is InChI=1S/C13H15FN2O2/c1-8-4-3-5-10(11(8)14)13(18)16-7-6-15-12(17)9(16)2/h3-5,9H,6-7H2,1-2H3,(H,15,17). The van der Waals surface area contributed by atoms with Crippen molar-refractivity contribution in [2.75, 3.05) is 13.1 Å². The van der Waals surface area contributed by atoms with Crippen LogP contribution >= 0.6 is 0 Å². The number of hydrogen-bond donors (Lipinski definition) is 1. The molecule has 1 aliphatic rings. The average Bonchev–Trinajstić information content (AvgIpc) is 2.35. The van der Waals surface area contributed by atoms with E-state index in [1.807, 2.05) is 0 Å². The summed E-state index contributed by atoms with van der Waals surface area (Å²) in [4.78, 5) is 25.1. The van der Waals surface area contributed by atoms with Gasteiger partial charge in [-0.25, -0.2) is 4.39 Å². The van der Waals surface area contributed by atoms with Crippen molar-refractivity contribution in [2.24, 2.45) is 0 Å². The molecule has 4 nitrogen and oxygen atoms in total. The van der Waals surface area contributed by atoms with Gasteiger partial charge in [-0.2, -0.15) is 0 Å². The van der Waals surface area contributed by atoms with Crippen LogP contribution < -0.4 is 5.32 Å². The number of aryl methyl sites for hydroxylation is 1. The van der Waals surface area contributed by atoms with E-state index in [9.17, 15) is 14.0 Å². The number of amides is 2. The number of carbonyl (C=O) groups excluding carboxylic acids is 2. The van der Waals surface area contributed by atoms with Crippen LogP contribution in [0.4, 0.5) is 4.39 Å². The lowest BCUT2D eigenvalue weighted by molar-refractivity contribution is -0.127. The van der Waals surface area contributed by atoms with Crippen LogP contribution in [0.2, 0.25) is 0 Å². The molecule has 0 radical (unpaired) electrons. The van der Waals surface area contributed by atoms with Crippen molar-refractivity contribution in [2.45, 2.75) is 19.9 Å². The summed E-state index contributed by atoms with van der Waals surface area (Å²) in [6.07, 6.45) is 0. The highest BCUT2D eigenvalue weighted by Gasteiger charge is 2.31. The van der Waals surface area contributed by atoms with Gasteiger partial charge in [-0.3, -0.25) is 9.59 Å². The average molecular weight is 250 g/mol. The normalized spacial score (nSPS) is 19.6. The van der Waals surface area contributed by atoms with Gasteiger partial charge in [0.05, 0.1) is 5.56 Å². The zero-order chi connectivity index (χ0) is 13.3. The zero-order valence-corrected chi connectivity index (χ0v) is 10.4. The fourth-order valence-corrected chi connectivity index (χ4v) is 2.03. The smallest absolute Gasteiger partial charge is 0.257 e. The molecule has 0 bridgehead atoms. The van der Waals surface area contributed by atoms with E-state index >= 15 is 0 Å². The van der Waals surface area contributed by atoms with Crippen LogP contribution in [-0.2, 0) is 4.79 Å². The summed E-state index contributed by atoms with van der Waals surface area (Å²) < 4.78 is 13.9. The van der Waals surface area contributed by atoms with E-state index < -0.39 is 17.8 Å². The van der Waals surface area contributed by atoms with E-state index in [2.05, 4.69) is 5.32 Å². The van der Waals surface area contributed by atoms with E-state index in [-0.39, 0.29) is 11.5 Å². The Hall–Kier alpha value is -1.91. The van der Waals surface area contributed by atoms with E-state index in [1.165, 1.54) is 11.0 Å². The van der Waals surface area contributed by atoms with E-state index in [0.29, 0.717) is 18.7 Å². The highest BCUT2D eigenvalue weighted by Crippen LogP contribution is 2.16. The van der Waals surface area contributed by atoms with Crippen LogP contribution in [0, 0.1) is 12.7 Å². The summed E-state index contributed by atoms with van der Waals surface area (Å²) in [6.45, 7) is 4.06. The second kappa shape index (κ2) is 4.76. The Morgan fingerprint density at radius 1 is 1.50 bits per heavy atom. The van der Waals surface area contributed by atoms with Crippen molar-refractivity contribution >= 4 is 11.8 Å². The lowest BCUT2D eigenvalue weighted by Crippen LogP contribution is -2.55. The summed E-state index contributed by atoms with van der Waals surface area (Å²) in [7, 11) is 0. The molecule has 1 unspecified atom stereocenters. The third-order valence-electron chi connectivity index (χ3n) is 3.18. The third-order valence-corrected chi connectivity index (χ3v) is 3.18. The van der Waals surface area contributed by atoms with Crippen molar-refractivity contribution in [1.29, 1.82) is 0 Å². The molecule has 1 atom stereocenters. The van der Waals surface area contributed by atoms with Gasteiger partial charge in [0.2, 0.25) is 5.91 Å². The Labute approximate surface area is 105 Å². The Bertz CT molecular complexity index is 502. The summed E-state index contributed by atoms with van der Waals surface area (Å²) in [5.74, 6) is -1.15. The topological polar surface area (TPSA) is 49.4 Å². The lowest BCUT2D eigenvalue weighted by Gasteiger charge is -2.33. The summed E-state index contributed by atoms with van der Waals surface area (Å²) in [5, 5.41) is 2.67. The van der Waals surface area contributed by atoms with Crippen LogP contribution in [-0.4, -0.2) is 35.8 Å². The molecule has 1 aromatic carbocycles. The fourth-order valence-electron chi connectivity index (χ4n) is 2.03. The molecule has 0 aliphatic carbocycles. The number of nitrogens with zero attached hydrogens (tertiary/aromatic N) is 1. The molecule has 0 saturated carbocycles. The minimum absolute atomic E-state index is 0.0246. The molecule has 1 heterocycles. The third kappa shape index (κ3) is 2.08. The second-order valence-electron chi connectivity index (χ2n) is 4.40. The summed E-state index contributed by atoms with van der Waals surface area (Å²) in [5.41, 5.74) is 0.450. The minimum atomic E-state index is -0.564. The number of nitrogens with one attached hydrogen (secondary N) is 1. The van der Waals surface area contributed by atoms with Gasteiger partial charge in [-0.05, 0) is 25.5 Å². The van der Waals surface area contributed by atoms with Crippen LogP contribution in [0.5, 0.6) is 0 Å². The zero-order valence-electron chi connectivity index (χ0n) is 10.4. The van der Waals surface area contributed by atoms with Crippen molar-refractivity contribution in [3.05, 3.63) is 35.1 Å². The largest absolute Gasteiger partial charge is 0.353 e. The van der Waals surface area contributed by atoms with Crippen molar-refractivity contribution in [1.82, 2.24) is 10.2 Å². The maximum atomic E-state index is 13.9. The predicted octanol–water partition coefficient (Wildman–Crippen LogP) is 1.09. The van der Waals surface area contributed by atoms with Gasteiger partial charge in [0.1, 0.15) is 11.9 Å². The molecule has 1 aromatic rings. The Morgan fingerprint density at radius 2 is 2.22 bits per heavy atom. The first-order valence-corrected chi connectivity index (χ1v) is 5.86. The minimum Gasteiger partial charge on any atom is -0.353 e. The van der Waals surface area contributed by atoms with Crippen molar-refractivity contribution in [3.63, 3.8) is 0 Å². The molecular weight excluding hydrogens is 235 g/mol. The van der Waals surface area contributed by atoms with Crippen LogP contribution in [0.1, 0.15) is 22.8 Å². The Morgan fingerprint density at radius 3 is 2.94 bits per heavy atom. The molecule has 1 saturated heterocycles. The van der Waals surface area contributed by atoms with Gasteiger partial charge in [-0.15, -0.1) is 0 Å². The Balaban J connectivity index is 2.31. The molecule has 0 aromatic heterocycles. The first-order chi connectivity index (χ1) is 8.52. The second-order valence-corrected chi connectivity index (χ2v) is 4.40. The molecule has 5 heteroatoms. The summed E-state index contributed by atoms with van der Waals surface area (Å²) in [6, 6.07) is 4.13. The number of piperazine rings is 1. The first-order valence-electron chi connectivity index (χ1n) is 5.86. The lowest BCUT2D eigenvalue weighted by atomic mass is 10.1. The monoisotopic (exact) mass is 250 g/mol. The van der Waals surface area contributed by atoms with Crippen LogP contribution in [0.3, 0.4) is 0 Å². The number of rotatable bonds is 1. The molecule has 2 rings (SSSR count). The molecule has 1 fully saturated rings. The molecule has 1 N–H and O–H groups in total. The summed E-state index contributed by atoms with van der Waals surface area (Å²) >= 11 is 0. The van der Waals surface area contributed by atoms with E-state index in [0.717, 1.165) is 0 Å². The number of carbonyl (C=O) groups is 2. The van der Waals surface area contributed by atoms with Gasteiger partial charge >= 0.3 is 0 Å². The maximum Gasteiger partial charge on any atom is 0.257 e. The van der Waals surface area contributed by atoms with Gasteiger partial charge in [0.25, 0.3) is 5.91 Å². The van der Waals surface area contributed by atoms with Gasteiger partial charge in [0, 0.05) is 13.1 Å². The van der Waals surface area contributed by atoms with Gasteiger partial charge in [-0.1, -0.05) is 12.1 Å². The van der Waals surface area contributed by atoms with Crippen molar-refractivity contribution < 1.29 is 14.0 Å². The van der Waals surface area contributed by atoms with Gasteiger partial charge < -0.3 is 10.2 Å². The molecular formula is C13H15FN2O2. The van der Waals surface area contributed by atoms with E-state index in [4.69, 9.17) is 0 Å². The van der Waals surface area contributed by atoms with Crippen LogP contribution in [0.15, 0.2) is 18.2 Å². The number of hydrogen-bond acceptors (Lipinski definition) is 2. The quantitative estimate of drug-likeness (QED) is 0.811. The predicted molar refractivity (Wildman–Crippen MR) is 64.6 cm³/mol. The molecule has 96 valence electrons. The van der Waals surface area contributed by atoms with Gasteiger partial charge in [0.15, 0.2) is 0 Å².